The molecule has 0 saturated carbocycles. The summed E-state index contributed by atoms with van der Waals surface area (Å²) in [5.41, 5.74) is 0.390. The van der Waals surface area contributed by atoms with E-state index >= 15 is 0 Å². The van der Waals surface area contributed by atoms with E-state index in [9.17, 15) is 9.59 Å². The summed E-state index contributed by atoms with van der Waals surface area (Å²) >= 11 is 0. The van der Waals surface area contributed by atoms with Crippen LogP contribution in [0.2, 0.25) is 0 Å². The first-order valence-corrected chi connectivity index (χ1v) is 6.36. The Morgan fingerprint density at radius 2 is 2.10 bits per heavy atom. The third kappa shape index (κ3) is 6.14. The molecule has 0 aromatic carbocycles. The quantitative estimate of drug-likeness (QED) is 0.630. The molecule has 20 heavy (non-hydrogen) atoms. The van der Waals surface area contributed by atoms with Gasteiger partial charge in [0.1, 0.15) is 5.69 Å². The summed E-state index contributed by atoms with van der Waals surface area (Å²) in [7, 11) is 1.66. The van der Waals surface area contributed by atoms with Crippen molar-refractivity contribution in [2.45, 2.75) is 19.3 Å². The Morgan fingerprint density at radius 1 is 1.30 bits per heavy atom. The fourth-order valence-corrected chi connectivity index (χ4v) is 1.52. The van der Waals surface area contributed by atoms with E-state index in [0.717, 1.165) is 25.9 Å². The van der Waals surface area contributed by atoms with E-state index < -0.39 is 5.97 Å². The fourth-order valence-electron chi connectivity index (χ4n) is 1.52. The van der Waals surface area contributed by atoms with Gasteiger partial charge < -0.3 is 20.5 Å². The molecule has 7 heteroatoms. The summed E-state index contributed by atoms with van der Waals surface area (Å²) in [5.74, 6) is -1.10. The van der Waals surface area contributed by atoms with E-state index in [1.807, 2.05) is 0 Å². The molecule has 0 aliphatic carbocycles. The van der Waals surface area contributed by atoms with Gasteiger partial charge in [-0.2, -0.15) is 0 Å². The number of carboxylic acid groups (broad SMARTS) is 1. The predicted octanol–water partition coefficient (Wildman–Crippen LogP) is 1.72. The zero-order chi connectivity index (χ0) is 14.8. The van der Waals surface area contributed by atoms with E-state index in [0.29, 0.717) is 12.2 Å². The summed E-state index contributed by atoms with van der Waals surface area (Å²) in [6.45, 7) is 1.31. The van der Waals surface area contributed by atoms with Crippen molar-refractivity contribution < 1.29 is 19.4 Å². The molecule has 3 N–H and O–H groups in total. The molecule has 0 saturated heterocycles. The van der Waals surface area contributed by atoms with E-state index in [2.05, 4.69) is 15.6 Å². The number of pyridine rings is 1. The van der Waals surface area contributed by atoms with Gasteiger partial charge in [0.2, 0.25) is 0 Å². The average molecular weight is 281 g/mol. The van der Waals surface area contributed by atoms with Crippen molar-refractivity contribution in [1.29, 1.82) is 0 Å². The van der Waals surface area contributed by atoms with Gasteiger partial charge in [0.15, 0.2) is 0 Å². The van der Waals surface area contributed by atoms with E-state index in [1.54, 1.807) is 7.11 Å². The number of ether oxygens (including phenoxy) is 1. The summed E-state index contributed by atoms with van der Waals surface area (Å²) < 4.78 is 4.93. The van der Waals surface area contributed by atoms with Crippen LogP contribution in [0.4, 0.5) is 10.5 Å². The van der Waals surface area contributed by atoms with Crippen molar-refractivity contribution in [2.24, 2.45) is 0 Å². The number of amides is 2. The highest BCUT2D eigenvalue weighted by Gasteiger charge is 2.05. The van der Waals surface area contributed by atoms with Gasteiger partial charge in [-0.3, -0.25) is 0 Å². The lowest BCUT2D eigenvalue weighted by Gasteiger charge is -2.07. The van der Waals surface area contributed by atoms with Crippen LogP contribution in [0.15, 0.2) is 18.3 Å². The molecule has 7 nitrogen and oxygen atoms in total. The van der Waals surface area contributed by atoms with Crippen LogP contribution in [0.3, 0.4) is 0 Å². The number of methoxy groups -OCH3 is 1. The van der Waals surface area contributed by atoms with Crippen molar-refractivity contribution >= 4 is 17.7 Å². The lowest BCUT2D eigenvalue weighted by atomic mass is 10.2. The molecular weight excluding hydrogens is 262 g/mol. The molecule has 1 rings (SSSR count). The van der Waals surface area contributed by atoms with Crippen LogP contribution in [0, 0.1) is 0 Å². The van der Waals surface area contributed by atoms with E-state index in [4.69, 9.17) is 9.84 Å². The minimum atomic E-state index is -1.10. The lowest BCUT2D eigenvalue weighted by molar-refractivity contribution is 0.0690. The molecule has 0 bridgehead atoms. The van der Waals surface area contributed by atoms with E-state index in [-0.39, 0.29) is 11.7 Å². The summed E-state index contributed by atoms with van der Waals surface area (Å²) in [5, 5.41) is 14.0. The number of aromatic carboxylic acids is 1. The van der Waals surface area contributed by atoms with Gasteiger partial charge >= 0.3 is 12.0 Å². The number of carbonyl (C=O) groups excluding carboxylic acids is 1. The van der Waals surface area contributed by atoms with Gasteiger partial charge in [-0.05, 0) is 31.4 Å². The summed E-state index contributed by atoms with van der Waals surface area (Å²) in [4.78, 5) is 25.8. The summed E-state index contributed by atoms with van der Waals surface area (Å²) in [6.07, 6.45) is 4.15. The zero-order valence-electron chi connectivity index (χ0n) is 11.4. The molecule has 0 aliphatic rings. The Hall–Kier alpha value is -2.15. The van der Waals surface area contributed by atoms with Crippen molar-refractivity contribution in [2.75, 3.05) is 25.6 Å². The van der Waals surface area contributed by atoms with Crippen LogP contribution in [0.25, 0.3) is 0 Å². The SMILES string of the molecule is COCCCCCNC(=O)Nc1ccc(C(=O)O)nc1. The summed E-state index contributed by atoms with van der Waals surface area (Å²) in [6, 6.07) is 2.50. The molecule has 1 heterocycles. The van der Waals surface area contributed by atoms with Gasteiger partial charge in [-0.25, -0.2) is 14.6 Å². The smallest absolute Gasteiger partial charge is 0.354 e. The van der Waals surface area contributed by atoms with Crippen LogP contribution in [-0.4, -0.2) is 42.4 Å². The maximum absolute atomic E-state index is 11.5. The van der Waals surface area contributed by atoms with Crippen molar-refractivity contribution in [3.8, 4) is 0 Å². The average Bonchev–Trinajstić information content (AvgIpc) is 2.43. The number of nitrogens with zero attached hydrogens (tertiary/aromatic N) is 1. The number of carboxylic acids is 1. The second-order valence-electron chi connectivity index (χ2n) is 4.17. The number of anilines is 1. The Labute approximate surface area is 117 Å². The molecular formula is C13H19N3O4. The predicted molar refractivity (Wildman–Crippen MR) is 73.9 cm³/mol. The highest BCUT2D eigenvalue weighted by atomic mass is 16.5. The molecule has 1 aromatic rings. The number of aromatic nitrogens is 1. The van der Waals surface area contributed by atoms with Gasteiger partial charge in [0, 0.05) is 20.3 Å². The molecule has 0 fully saturated rings. The molecule has 0 radical (unpaired) electrons. The topological polar surface area (TPSA) is 101 Å². The largest absolute Gasteiger partial charge is 0.477 e. The lowest BCUT2D eigenvalue weighted by Crippen LogP contribution is -2.29. The molecule has 0 unspecified atom stereocenters. The minimum absolute atomic E-state index is 0.0610. The molecule has 110 valence electrons. The first-order chi connectivity index (χ1) is 9.63. The monoisotopic (exact) mass is 281 g/mol. The first-order valence-electron chi connectivity index (χ1n) is 6.36. The normalized spacial score (nSPS) is 10.1. The number of carbonyl (C=O) groups is 2. The zero-order valence-corrected chi connectivity index (χ0v) is 11.4. The Kier molecular flexibility index (Phi) is 7.05. The number of hydrogen-bond acceptors (Lipinski definition) is 4. The Balaban J connectivity index is 2.23. The maximum atomic E-state index is 11.5. The first kappa shape index (κ1) is 15.9. The van der Waals surface area contributed by atoms with Gasteiger partial charge in [0.25, 0.3) is 0 Å². The highest BCUT2D eigenvalue weighted by Crippen LogP contribution is 2.05. The van der Waals surface area contributed by atoms with E-state index in [1.165, 1.54) is 18.3 Å². The van der Waals surface area contributed by atoms with Gasteiger partial charge in [0.05, 0.1) is 11.9 Å². The molecule has 2 amide bonds. The van der Waals surface area contributed by atoms with Crippen LogP contribution in [-0.2, 0) is 4.74 Å². The minimum Gasteiger partial charge on any atom is -0.477 e. The number of hydrogen-bond donors (Lipinski definition) is 3. The van der Waals surface area contributed by atoms with Crippen molar-refractivity contribution in [1.82, 2.24) is 10.3 Å². The Morgan fingerprint density at radius 3 is 2.70 bits per heavy atom. The third-order valence-corrected chi connectivity index (χ3v) is 2.55. The molecule has 1 aromatic heterocycles. The second kappa shape index (κ2) is 8.87. The van der Waals surface area contributed by atoms with Crippen molar-refractivity contribution in [3.05, 3.63) is 24.0 Å². The van der Waals surface area contributed by atoms with Crippen LogP contribution in [0.1, 0.15) is 29.8 Å². The second-order valence-corrected chi connectivity index (χ2v) is 4.17. The van der Waals surface area contributed by atoms with Crippen LogP contribution in [0.5, 0.6) is 0 Å². The maximum Gasteiger partial charge on any atom is 0.354 e. The highest BCUT2D eigenvalue weighted by molar-refractivity contribution is 5.90. The number of nitrogens with one attached hydrogen (secondary N) is 2. The number of unbranched alkanes of at least 4 members (excludes halogenated alkanes) is 2. The van der Waals surface area contributed by atoms with Crippen LogP contribution >= 0.6 is 0 Å². The standard InChI is InChI=1S/C13H19N3O4/c1-20-8-4-2-3-7-14-13(19)16-10-5-6-11(12(17)18)15-9-10/h5-6,9H,2-4,7-8H2,1H3,(H,17,18)(H2,14,16,19). The molecule has 0 atom stereocenters. The van der Waals surface area contributed by atoms with Crippen molar-refractivity contribution in [3.63, 3.8) is 0 Å². The molecule has 0 spiro atoms. The fraction of sp³-hybridized carbons (Fsp3) is 0.462. The Bertz CT molecular complexity index is 434. The number of rotatable bonds is 8. The third-order valence-electron chi connectivity index (χ3n) is 2.55. The van der Waals surface area contributed by atoms with Crippen LogP contribution < -0.4 is 10.6 Å². The van der Waals surface area contributed by atoms with Gasteiger partial charge in [-0.1, -0.05) is 0 Å². The molecule has 0 aliphatic heterocycles. The van der Waals surface area contributed by atoms with Gasteiger partial charge in [-0.15, -0.1) is 0 Å². The number of urea groups is 1.